The molecule has 1 heterocycles. The molecule has 0 aromatic carbocycles. The fraction of sp³-hybridized carbons (Fsp3) is 0.500. The summed E-state index contributed by atoms with van der Waals surface area (Å²) >= 11 is 5.93. The lowest BCUT2D eigenvalue weighted by Gasteiger charge is -2.09. The van der Waals surface area contributed by atoms with Gasteiger partial charge in [0.15, 0.2) is 0 Å². The number of unbranched alkanes of at least 4 members (excludes halogenated alkanes) is 1. The maximum atomic E-state index is 11.9. The van der Waals surface area contributed by atoms with Crippen LogP contribution in [-0.4, -0.2) is 30.0 Å². The van der Waals surface area contributed by atoms with Gasteiger partial charge in [-0.15, -0.1) is 6.42 Å². The lowest BCUT2D eigenvalue weighted by atomic mass is 10.3. The first-order chi connectivity index (χ1) is 8.70. The molecular formula is C12H16ClN3O2. The van der Waals surface area contributed by atoms with Crippen molar-refractivity contribution in [2.75, 3.05) is 25.6 Å². The van der Waals surface area contributed by atoms with E-state index in [1.807, 2.05) is 0 Å². The molecule has 0 saturated heterocycles. The van der Waals surface area contributed by atoms with E-state index in [-0.39, 0.29) is 12.1 Å². The fourth-order valence-corrected chi connectivity index (χ4v) is 1.60. The van der Waals surface area contributed by atoms with Crippen LogP contribution in [0, 0.1) is 12.3 Å². The van der Waals surface area contributed by atoms with Crippen molar-refractivity contribution in [2.24, 2.45) is 0 Å². The Balaban J connectivity index is 2.67. The fourth-order valence-electron chi connectivity index (χ4n) is 1.41. The molecule has 1 N–H and O–H groups in total. The number of hydrogen-bond acceptors (Lipinski definition) is 4. The van der Waals surface area contributed by atoms with Gasteiger partial charge < -0.3 is 10.1 Å². The Hall–Kier alpha value is -1.51. The number of methoxy groups -OCH3 is 1. The Labute approximate surface area is 111 Å². The number of nitrogens with one attached hydrogen (secondary N) is 1. The van der Waals surface area contributed by atoms with E-state index in [0.717, 1.165) is 12.8 Å². The van der Waals surface area contributed by atoms with Gasteiger partial charge in [-0.2, -0.15) is 5.10 Å². The summed E-state index contributed by atoms with van der Waals surface area (Å²) in [5, 5.41) is 7.17. The number of rotatable bonds is 7. The molecule has 0 radical (unpaired) electrons. The van der Waals surface area contributed by atoms with Crippen molar-refractivity contribution < 1.29 is 4.74 Å². The number of aromatic nitrogens is 2. The molecule has 1 aromatic rings. The monoisotopic (exact) mass is 269 g/mol. The number of anilines is 1. The molecule has 98 valence electrons. The third-order valence-corrected chi connectivity index (χ3v) is 2.60. The molecule has 0 saturated carbocycles. The molecule has 0 aliphatic rings. The molecule has 0 spiro atoms. The topological polar surface area (TPSA) is 56.1 Å². The van der Waals surface area contributed by atoms with Crippen LogP contribution in [0.3, 0.4) is 0 Å². The summed E-state index contributed by atoms with van der Waals surface area (Å²) in [6.07, 6.45) is 8.38. The van der Waals surface area contributed by atoms with Crippen molar-refractivity contribution in [1.82, 2.24) is 9.78 Å². The molecule has 0 fully saturated rings. The molecule has 18 heavy (non-hydrogen) atoms. The quantitative estimate of drug-likeness (QED) is 0.600. The van der Waals surface area contributed by atoms with Crippen molar-refractivity contribution in [2.45, 2.75) is 19.4 Å². The van der Waals surface area contributed by atoms with Crippen LogP contribution in [0.2, 0.25) is 5.02 Å². The van der Waals surface area contributed by atoms with E-state index in [2.05, 4.69) is 16.3 Å². The van der Waals surface area contributed by atoms with Gasteiger partial charge in [0.2, 0.25) is 0 Å². The molecule has 0 atom stereocenters. The van der Waals surface area contributed by atoms with Crippen LogP contribution in [0.5, 0.6) is 0 Å². The standard InChI is InChI=1S/C12H16ClN3O2/c1-3-7-16-12(17)11(10(13)9-15-16)14-6-4-5-8-18-2/h1,9,14H,4-8H2,2H3. The first-order valence-electron chi connectivity index (χ1n) is 5.62. The summed E-state index contributed by atoms with van der Waals surface area (Å²) in [6, 6.07) is 0. The van der Waals surface area contributed by atoms with Gasteiger partial charge in [0.25, 0.3) is 5.56 Å². The van der Waals surface area contributed by atoms with E-state index in [1.165, 1.54) is 10.9 Å². The predicted molar refractivity (Wildman–Crippen MR) is 71.9 cm³/mol. The highest BCUT2D eigenvalue weighted by molar-refractivity contribution is 6.32. The second-order valence-electron chi connectivity index (χ2n) is 3.66. The van der Waals surface area contributed by atoms with Gasteiger partial charge in [0.05, 0.1) is 11.2 Å². The van der Waals surface area contributed by atoms with E-state index < -0.39 is 0 Å². The largest absolute Gasteiger partial charge is 0.385 e. The van der Waals surface area contributed by atoms with Crippen LogP contribution in [0.25, 0.3) is 0 Å². The van der Waals surface area contributed by atoms with E-state index >= 15 is 0 Å². The Morgan fingerprint density at radius 1 is 1.61 bits per heavy atom. The SMILES string of the molecule is C#CCn1ncc(Cl)c(NCCCCOC)c1=O. The lowest BCUT2D eigenvalue weighted by molar-refractivity contribution is 0.194. The minimum Gasteiger partial charge on any atom is -0.385 e. The van der Waals surface area contributed by atoms with Crippen molar-refractivity contribution in [3.05, 3.63) is 21.6 Å². The second kappa shape index (κ2) is 7.75. The van der Waals surface area contributed by atoms with Gasteiger partial charge in [-0.05, 0) is 12.8 Å². The Morgan fingerprint density at radius 2 is 2.39 bits per heavy atom. The third kappa shape index (κ3) is 4.06. The average molecular weight is 270 g/mol. The first-order valence-corrected chi connectivity index (χ1v) is 6.00. The number of ether oxygens (including phenoxy) is 1. The van der Waals surface area contributed by atoms with E-state index in [1.54, 1.807) is 7.11 Å². The van der Waals surface area contributed by atoms with Gasteiger partial charge in [-0.25, -0.2) is 4.68 Å². The van der Waals surface area contributed by atoms with Crippen molar-refractivity contribution in [1.29, 1.82) is 0 Å². The highest BCUT2D eigenvalue weighted by Crippen LogP contribution is 2.14. The normalized spacial score (nSPS) is 10.1. The van der Waals surface area contributed by atoms with Crippen LogP contribution < -0.4 is 10.9 Å². The van der Waals surface area contributed by atoms with Gasteiger partial charge in [-0.3, -0.25) is 4.79 Å². The van der Waals surface area contributed by atoms with Gasteiger partial charge in [0, 0.05) is 20.3 Å². The average Bonchev–Trinajstić information content (AvgIpc) is 2.36. The molecule has 0 bridgehead atoms. The molecule has 0 amide bonds. The van der Waals surface area contributed by atoms with Crippen LogP contribution in [0.15, 0.2) is 11.0 Å². The molecule has 5 nitrogen and oxygen atoms in total. The smallest absolute Gasteiger partial charge is 0.292 e. The van der Waals surface area contributed by atoms with Crippen LogP contribution >= 0.6 is 11.6 Å². The van der Waals surface area contributed by atoms with Gasteiger partial charge >= 0.3 is 0 Å². The summed E-state index contributed by atoms with van der Waals surface area (Å²) in [7, 11) is 1.66. The summed E-state index contributed by atoms with van der Waals surface area (Å²) in [4.78, 5) is 11.9. The molecule has 0 unspecified atom stereocenters. The zero-order valence-corrected chi connectivity index (χ0v) is 11.0. The second-order valence-corrected chi connectivity index (χ2v) is 4.07. The molecular weight excluding hydrogens is 254 g/mol. The van der Waals surface area contributed by atoms with E-state index in [9.17, 15) is 4.79 Å². The summed E-state index contributed by atoms with van der Waals surface area (Å²) in [5.74, 6) is 2.37. The van der Waals surface area contributed by atoms with E-state index in [0.29, 0.717) is 23.9 Å². The first kappa shape index (κ1) is 14.6. The summed E-state index contributed by atoms with van der Waals surface area (Å²) in [6.45, 7) is 1.49. The van der Waals surface area contributed by atoms with Crippen LogP contribution in [0.4, 0.5) is 5.69 Å². The minimum atomic E-state index is -0.299. The number of halogens is 1. The molecule has 6 heteroatoms. The minimum absolute atomic E-state index is 0.133. The Kier molecular flexibility index (Phi) is 6.26. The molecule has 0 aliphatic carbocycles. The van der Waals surface area contributed by atoms with Crippen LogP contribution in [0.1, 0.15) is 12.8 Å². The highest BCUT2D eigenvalue weighted by atomic mass is 35.5. The number of hydrogen-bond donors (Lipinski definition) is 1. The predicted octanol–water partition coefficient (Wildman–Crippen LogP) is 1.37. The Bertz CT molecular complexity index is 479. The van der Waals surface area contributed by atoms with Crippen LogP contribution in [-0.2, 0) is 11.3 Å². The lowest BCUT2D eigenvalue weighted by Crippen LogP contribution is -2.26. The Morgan fingerprint density at radius 3 is 3.06 bits per heavy atom. The molecule has 1 rings (SSSR count). The van der Waals surface area contributed by atoms with Gasteiger partial charge in [0.1, 0.15) is 12.2 Å². The van der Waals surface area contributed by atoms with Crippen molar-refractivity contribution >= 4 is 17.3 Å². The summed E-state index contributed by atoms with van der Waals surface area (Å²) in [5.41, 5.74) is 0.0477. The van der Waals surface area contributed by atoms with Crippen molar-refractivity contribution in [3.63, 3.8) is 0 Å². The maximum Gasteiger partial charge on any atom is 0.292 e. The zero-order valence-electron chi connectivity index (χ0n) is 10.3. The maximum absolute atomic E-state index is 11.9. The number of terminal acetylenes is 1. The highest BCUT2D eigenvalue weighted by Gasteiger charge is 2.08. The zero-order chi connectivity index (χ0) is 13.4. The van der Waals surface area contributed by atoms with E-state index in [4.69, 9.17) is 22.8 Å². The third-order valence-electron chi connectivity index (χ3n) is 2.32. The van der Waals surface area contributed by atoms with Crippen molar-refractivity contribution in [3.8, 4) is 12.3 Å². The molecule has 1 aromatic heterocycles. The summed E-state index contributed by atoms with van der Waals surface area (Å²) < 4.78 is 6.14. The van der Waals surface area contributed by atoms with Gasteiger partial charge in [-0.1, -0.05) is 17.5 Å². The number of nitrogens with zero attached hydrogens (tertiary/aromatic N) is 2. The molecule has 0 aliphatic heterocycles.